The highest BCUT2D eigenvalue weighted by molar-refractivity contribution is 7.98. The molecule has 0 saturated carbocycles. The van der Waals surface area contributed by atoms with Crippen molar-refractivity contribution < 1.29 is 9.13 Å². The van der Waals surface area contributed by atoms with Gasteiger partial charge in [0.25, 0.3) is 0 Å². The van der Waals surface area contributed by atoms with Crippen molar-refractivity contribution in [1.82, 2.24) is 14.9 Å². The molecule has 1 aromatic carbocycles. The van der Waals surface area contributed by atoms with Crippen LogP contribution in [0.2, 0.25) is 0 Å². The minimum Gasteiger partial charge on any atom is -0.472 e. The van der Waals surface area contributed by atoms with E-state index in [1.807, 2.05) is 36.6 Å². The van der Waals surface area contributed by atoms with Crippen molar-refractivity contribution in [2.75, 3.05) is 19.3 Å². The molecular formula is C17H14ClFN4OS. The Balaban J connectivity index is 1.80. The van der Waals surface area contributed by atoms with E-state index in [-0.39, 0.29) is 10.9 Å². The Bertz CT molecular complexity index is 888. The molecule has 0 aliphatic carbocycles. The average Bonchev–Trinajstić information content (AvgIpc) is 3.14. The second kappa shape index (κ2) is 6.65. The van der Waals surface area contributed by atoms with Crippen molar-refractivity contribution in [3.8, 4) is 5.88 Å². The van der Waals surface area contributed by atoms with Crippen LogP contribution in [-0.2, 0) is 6.61 Å². The van der Waals surface area contributed by atoms with Crippen LogP contribution in [0.25, 0.3) is 5.83 Å². The van der Waals surface area contributed by atoms with E-state index in [1.54, 1.807) is 4.90 Å². The standard InChI is InChI=1S/C17H14ClFN4OS/c1-25-17-21-13-11(15-20-7-8-23(15)14(18)12(13)19)16(22-17)24-9-10-5-3-2-4-6-10/h2-6H,7-9H2,1H3. The predicted octanol–water partition coefficient (Wildman–Crippen LogP) is 3.69. The fourth-order valence-electron chi connectivity index (χ4n) is 2.77. The van der Waals surface area contributed by atoms with Crippen molar-refractivity contribution in [3.05, 3.63) is 52.3 Å². The van der Waals surface area contributed by atoms with Crippen molar-refractivity contribution in [1.29, 1.82) is 0 Å². The molecule has 0 unspecified atom stereocenters. The van der Waals surface area contributed by atoms with Gasteiger partial charge in [-0.2, -0.15) is 4.98 Å². The first kappa shape index (κ1) is 16.4. The van der Waals surface area contributed by atoms with Crippen LogP contribution in [0.5, 0.6) is 5.88 Å². The van der Waals surface area contributed by atoms with Crippen molar-refractivity contribution >= 4 is 35.0 Å². The normalized spacial score (nSPS) is 15.8. The third kappa shape index (κ3) is 2.87. The maximum Gasteiger partial charge on any atom is 0.229 e. The lowest BCUT2D eigenvalue weighted by atomic mass is 10.1. The molecule has 2 aliphatic rings. The van der Waals surface area contributed by atoms with Crippen LogP contribution in [-0.4, -0.2) is 40.0 Å². The lowest BCUT2D eigenvalue weighted by molar-refractivity contribution is 0.289. The average molecular weight is 377 g/mol. The molecule has 0 atom stereocenters. The third-order valence-corrected chi connectivity index (χ3v) is 4.86. The van der Waals surface area contributed by atoms with E-state index < -0.39 is 5.83 Å². The molecule has 8 heteroatoms. The smallest absolute Gasteiger partial charge is 0.229 e. The van der Waals surface area contributed by atoms with E-state index >= 15 is 0 Å². The number of fused-ring (bicyclic) bond motifs is 3. The van der Waals surface area contributed by atoms with Gasteiger partial charge in [-0.05, 0) is 11.8 Å². The van der Waals surface area contributed by atoms with E-state index in [0.717, 1.165) is 5.56 Å². The van der Waals surface area contributed by atoms with Gasteiger partial charge in [-0.1, -0.05) is 53.7 Å². The maximum atomic E-state index is 14.8. The number of ether oxygens (including phenoxy) is 1. The fourth-order valence-corrected chi connectivity index (χ4v) is 3.38. The highest BCUT2D eigenvalue weighted by atomic mass is 35.5. The summed E-state index contributed by atoms with van der Waals surface area (Å²) in [5.74, 6) is 0.320. The molecule has 25 heavy (non-hydrogen) atoms. The molecule has 2 aromatic rings. The van der Waals surface area contributed by atoms with Crippen LogP contribution in [0.3, 0.4) is 0 Å². The molecule has 0 bridgehead atoms. The van der Waals surface area contributed by atoms with Gasteiger partial charge in [-0.25, -0.2) is 9.37 Å². The van der Waals surface area contributed by atoms with Crippen LogP contribution in [0.15, 0.2) is 45.6 Å². The molecule has 1 aromatic heterocycles. The SMILES string of the molecule is CSc1nc(OCc2ccccc2)c2c(n1)C(F)=C(Cl)N1CCN=C21. The van der Waals surface area contributed by atoms with Gasteiger partial charge in [-0.15, -0.1) is 0 Å². The Morgan fingerprint density at radius 2 is 2.08 bits per heavy atom. The Hall–Kier alpha value is -2.12. The summed E-state index contributed by atoms with van der Waals surface area (Å²) in [7, 11) is 0. The van der Waals surface area contributed by atoms with Crippen LogP contribution in [0.4, 0.5) is 4.39 Å². The van der Waals surface area contributed by atoms with Crippen LogP contribution in [0.1, 0.15) is 16.8 Å². The topological polar surface area (TPSA) is 50.6 Å². The minimum absolute atomic E-state index is 0.0171. The highest BCUT2D eigenvalue weighted by Gasteiger charge is 2.37. The number of amidine groups is 1. The van der Waals surface area contributed by atoms with Crippen molar-refractivity contribution in [3.63, 3.8) is 0 Å². The number of rotatable bonds is 4. The Labute approximate surface area is 153 Å². The summed E-state index contributed by atoms with van der Waals surface area (Å²) in [5.41, 5.74) is 1.60. The molecule has 0 fully saturated rings. The molecule has 0 saturated heterocycles. The number of thioether (sulfide) groups is 1. The number of aromatic nitrogens is 2. The molecule has 2 aliphatic heterocycles. The van der Waals surface area contributed by atoms with Crippen molar-refractivity contribution in [2.24, 2.45) is 4.99 Å². The second-order valence-corrected chi connectivity index (χ2v) is 6.61. The summed E-state index contributed by atoms with van der Waals surface area (Å²) in [6, 6.07) is 9.73. The van der Waals surface area contributed by atoms with E-state index in [1.165, 1.54) is 11.8 Å². The lowest BCUT2D eigenvalue weighted by Gasteiger charge is -2.26. The quantitative estimate of drug-likeness (QED) is 0.463. The fraction of sp³-hybridized carbons (Fsp3) is 0.235. The van der Waals surface area contributed by atoms with Gasteiger partial charge in [0.15, 0.2) is 11.0 Å². The first-order valence-electron chi connectivity index (χ1n) is 7.70. The summed E-state index contributed by atoms with van der Waals surface area (Å²) < 4.78 is 20.7. The number of halogens is 2. The summed E-state index contributed by atoms with van der Waals surface area (Å²) in [6.45, 7) is 1.40. The molecule has 5 nitrogen and oxygen atoms in total. The summed E-state index contributed by atoms with van der Waals surface area (Å²) >= 11 is 7.48. The molecule has 128 valence electrons. The van der Waals surface area contributed by atoms with E-state index in [2.05, 4.69) is 15.0 Å². The number of nitrogens with zero attached hydrogens (tertiary/aromatic N) is 4. The maximum absolute atomic E-state index is 14.8. The lowest BCUT2D eigenvalue weighted by Crippen LogP contribution is -2.31. The number of benzene rings is 1. The molecule has 0 N–H and O–H groups in total. The predicted molar refractivity (Wildman–Crippen MR) is 96.6 cm³/mol. The van der Waals surface area contributed by atoms with Gasteiger partial charge in [0.1, 0.15) is 28.9 Å². The molecular weight excluding hydrogens is 363 g/mol. The van der Waals surface area contributed by atoms with Gasteiger partial charge in [-0.3, -0.25) is 4.99 Å². The molecule has 0 amide bonds. The van der Waals surface area contributed by atoms with Gasteiger partial charge in [0, 0.05) is 6.54 Å². The van der Waals surface area contributed by atoms with Gasteiger partial charge >= 0.3 is 0 Å². The Kier molecular flexibility index (Phi) is 4.35. The van der Waals surface area contributed by atoms with Crippen molar-refractivity contribution in [2.45, 2.75) is 11.8 Å². The highest BCUT2D eigenvalue weighted by Crippen LogP contribution is 2.39. The zero-order valence-corrected chi connectivity index (χ0v) is 14.9. The first-order chi connectivity index (χ1) is 12.2. The van der Waals surface area contributed by atoms with Crippen LogP contribution in [0, 0.1) is 0 Å². The van der Waals surface area contributed by atoms with Crippen LogP contribution < -0.4 is 4.74 Å². The molecule has 0 radical (unpaired) electrons. The first-order valence-corrected chi connectivity index (χ1v) is 9.30. The summed E-state index contributed by atoms with van der Waals surface area (Å²) in [6.07, 6.45) is 1.83. The van der Waals surface area contributed by atoms with E-state index in [4.69, 9.17) is 16.3 Å². The number of hydrogen-bond donors (Lipinski definition) is 0. The summed E-state index contributed by atoms with van der Waals surface area (Å²) in [4.78, 5) is 14.8. The van der Waals surface area contributed by atoms with Gasteiger partial charge in [0.05, 0.1) is 6.54 Å². The third-order valence-electron chi connectivity index (χ3n) is 3.95. The van der Waals surface area contributed by atoms with Gasteiger partial charge in [0.2, 0.25) is 5.88 Å². The van der Waals surface area contributed by atoms with Gasteiger partial charge < -0.3 is 9.64 Å². The largest absolute Gasteiger partial charge is 0.472 e. The Morgan fingerprint density at radius 3 is 2.84 bits per heavy atom. The summed E-state index contributed by atoms with van der Waals surface area (Å²) in [5, 5.41) is 0.442. The minimum atomic E-state index is -0.570. The second-order valence-electron chi connectivity index (χ2n) is 5.48. The van der Waals surface area contributed by atoms with E-state index in [0.29, 0.717) is 42.1 Å². The molecule has 3 heterocycles. The number of aliphatic imine (C=N–C) groups is 1. The molecule has 4 rings (SSSR count). The zero-order valence-electron chi connectivity index (χ0n) is 13.4. The number of hydrogen-bond acceptors (Lipinski definition) is 6. The molecule has 0 spiro atoms. The Morgan fingerprint density at radius 1 is 1.28 bits per heavy atom. The van der Waals surface area contributed by atoms with E-state index in [9.17, 15) is 4.39 Å². The monoisotopic (exact) mass is 376 g/mol. The zero-order chi connectivity index (χ0) is 17.4. The van der Waals surface area contributed by atoms with Crippen LogP contribution >= 0.6 is 23.4 Å².